The van der Waals surface area contributed by atoms with Gasteiger partial charge in [-0.1, -0.05) is 11.6 Å². The number of benzene rings is 1. The number of fused-ring (bicyclic) bond motifs is 1. The molecule has 1 heterocycles. The highest BCUT2D eigenvalue weighted by atomic mass is 35.5. The molecular formula is C11H10ClNO3. The molecule has 4 nitrogen and oxygen atoms in total. The van der Waals surface area contributed by atoms with Crippen LogP contribution in [-0.2, 0) is 4.79 Å². The summed E-state index contributed by atoms with van der Waals surface area (Å²) < 4.78 is 5.28. The summed E-state index contributed by atoms with van der Waals surface area (Å²) >= 11 is 5.89. The third-order valence-corrected chi connectivity index (χ3v) is 2.71. The highest BCUT2D eigenvalue weighted by molar-refractivity contribution is 6.31. The van der Waals surface area contributed by atoms with Crippen LogP contribution in [0.15, 0.2) is 12.1 Å². The number of ketones is 1. The first-order chi connectivity index (χ1) is 7.50. The average molecular weight is 240 g/mol. The van der Waals surface area contributed by atoms with Crippen molar-refractivity contribution >= 4 is 29.0 Å². The second-order valence-electron chi connectivity index (χ2n) is 3.60. The Bertz CT molecular complexity index is 484. The van der Waals surface area contributed by atoms with Crippen LogP contribution in [0.1, 0.15) is 17.3 Å². The van der Waals surface area contributed by atoms with Crippen molar-refractivity contribution in [2.75, 3.05) is 18.6 Å². The summed E-state index contributed by atoms with van der Waals surface area (Å²) in [6.07, 6.45) is 0. The van der Waals surface area contributed by atoms with Crippen molar-refractivity contribution in [3.05, 3.63) is 22.7 Å². The zero-order chi connectivity index (χ0) is 11.9. The van der Waals surface area contributed by atoms with Crippen LogP contribution in [0, 0.1) is 0 Å². The monoisotopic (exact) mass is 239 g/mol. The lowest BCUT2D eigenvalue weighted by Crippen LogP contribution is -2.36. The second kappa shape index (κ2) is 3.79. The standard InChI is InChI=1S/C11H10ClNO3/c1-6(14)8-3-7(12)4-9-11(8)16-5-10(15)13(9)2/h3-4H,5H2,1-2H3. The Labute approximate surface area is 97.7 Å². The van der Waals surface area contributed by atoms with Gasteiger partial charge >= 0.3 is 0 Å². The second-order valence-corrected chi connectivity index (χ2v) is 4.04. The number of Topliss-reactive ketones (excluding diaryl/α,β-unsaturated/α-hetero) is 1. The fourth-order valence-electron chi connectivity index (χ4n) is 1.61. The zero-order valence-electron chi connectivity index (χ0n) is 8.91. The maximum Gasteiger partial charge on any atom is 0.264 e. The van der Waals surface area contributed by atoms with Gasteiger partial charge in [0.15, 0.2) is 18.1 Å². The first-order valence-electron chi connectivity index (χ1n) is 4.74. The molecule has 0 saturated heterocycles. The lowest BCUT2D eigenvalue weighted by Gasteiger charge is -2.27. The molecule has 1 amide bonds. The van der Waals surface area contributed by atoms with Crippen molar-refractivity contribution < 1.29 is 14.3 Å². The van der Waals surface area contributed by atoms with Crippen LogP contribution < -0.4 is 9.64 Å². The molecule has 0 fully saturated rings. The SMILES string of the molecule is CC(=O)c1cc(Cl)cc2c1OCC(=O)N2C. The molecule has 16 heavy (non-hydrogen) atoms. The molecule has 0 bridgehead atoms. The number of nitrogens with zero attached hydrogens (tertiary/aromatic N) is 1. The van der Waals surface area contributed by atoms with Gasteiger partial charge < -0.3 is 9.64 Å². The number of hydrogen-bond acceptors (Lipinski definition) is 3. The molecule has 0 unspecified atom stereocenters. The van der Waals surface area contributed by atoms with Crippen LogP contribution in [0.25, 0.3) is 0 Å². The Balaban J connectivity index is 2.65. The van der Waals surface area contributed by atoms with Crippen molar-refractivity contribution in [2.45, 2.75) is 6.92 Å². The van der Waals surface area contributed by atoms with Gasteiger partial charge in [0.2, 0.25) is 0 Å². The smallest absolute Gasteiger partial charge is 0.264 e. The molecule has 2 rings (SSSR count). The van der Waals surface area contributed by atoms with E-state index in [1.807, 2.05) is 0 Å². The van der Waals surface area contributed by atoms with Crippen molar-refractivity contribution in [1.82, 2.24) is 0 Å². The van der Waals surface area contributed by atoms with Crippen LogP contribution in [0.5, 0.6) is 5.75 Å². The molecular weight excluding hydrogens is 230 g/mol. The van der Waals surface area contributed by atoms with Crippen LogP contribution in [0.3, 0.4) is 0 Å². The number of likely N-dealkylation sites (N-methyl/N-ethyl adjacent to an activating group) is 1. The van der Waals surface area contributed by atoms with Gasteiger partial charge in [-0.2, -0.15) is 0 Å². The maximum atomic E-state index is 11.4. The summed E-state index contributed by atoms with van der Waals surface area (Å²) in [5.74, 6) is 0.129. The molecule has 0 spiro atoms. The van der Waals surface area contributed by atoms with E-state index in [1.54, 1.807) is 19.2 Å². The highest BCUT2D eigenvalue weighted by Crippen LogP contribution is 2.37. The van der Waals surface area contributed by atoms with Gasteiger partial charge in [0.25, 0.3) is 5.91 Å². The van der Waals surface area contributed by atoms with Gasteiger partial charge in [0.05, 0.1) is 11.3 Å². The third-order valence-electron chi connectivity index (χ3n) is 2.49. The summed E-state index contributed by atoms with van der Waals surface area (Å²) in [4.78, 5) is 24.3. The number of carbonyl (C=O) groups excluding carboxylic acids is 2. The lowest BCUT2D eigenvalue weighted by molar-refractivity contribution is -0.121. The van der Waals surface area contributed by atoms with Crippen LogP contribution in [0.2, 0.25) is 5.02 Å². The van der Waals surface area contributed by atoms with E-state index in [0.717, 1.165) is 0 Å². The predicted molar refractivity (Wildman–Crippen MR) is 60.4 cm³/mol. The van der Waals surface area contributed by atoms with Crippen molar-refractivity contribution in [2.24, 2.45) is 0 Å². The normalized spacial score (nSPS) is 14.4. The van der Waals surface area contributed by atoms with E-state index in [1.165, 1.54) is 11.8 Å². The molecule has 0 N–H and O–H groups in total. The topological polar surface area (TPSA) is 46.6 Å². The van der Waals surface area contributed by atoms with Crippen molar-refractivity contribution in [3.8, 4) is 5.75 Å². The molecule has 0 saturated carbocycles. The van der Waals surface area contributed by atoms with Gasteiger partial charge in [0, 0.05) is 12.1 Å². The molecule has 1 aliphatic heterocycles. The molecule has 5 heteroatoms. The number of amides is 1. The van der Waals surface area contributed by atoms with E-state index in [-0.39, 0.29) is 18.3 Å². The number of ether oxygens (including phenoxy) is 1. The lowest BCUT2D eigenvalue weighted by atomic mass is 10.1. The molecule has 0 aliphatic carbocycles. The van der Waals surface area contributed by atoms with E-state index in [9.17, 15) is 9.59 Å². The van der Waals surface area contributed by atoms with Crippen LogP contribution in [-0.4, -0.2) is 25.3 Å². The third kappa shape index (κ3) is 1.65. The van der Waals surface area contributed by atoms with Crippen LogP contribution in [0.4, 0.5) is 5.69 Å². The minimum atomic E-state index is -0.163. The molecule has 84 valence electrons. The molecule has 1 aromatic carbocycles. The van der Waals surface area contributed by atoms with E-state index in [4.69, 9.17) is 16.3 Å². The van der Waals surface area contributed by atoms with Gasteiger partial charge in [-0.25, -0.2) is 0 Å². The number of carbonyl (C=O) groups is 2. The Morgan fingerprint density at radius 2 is 2.19 bits per heavy atom. The summed E-state index contributed by atoms with van der Waals surface area (Å²) in [6.45, 7) is 1.39. The summed E-state index contributed by atoms with van der Waals surface area (Å²) in [7, 11) is 1.63. The maximum absolute atomic E-state index is 11.4. The van der Waals surface area contributed by atoms with E-state index >= 15 is 0 Å². The Morgan fingerprint density at radius 3 is 2.81 bits per heavy atom. The molecule has 0 aromatic heterocycles. The molecule has 1 aromatic rings. The van der Waals surface area contributed by atoms with E-state index in [2.05, 4.69) is 0 Å². The first-order valence-corrected chi connectivity index (χ1v) is 5.12. The van der Waals surface area contributed by atoms with E-state index in [0.29, 0.717) is 22.0 Å². The first kappa shape index (κ1) is 11.0. The largest absolute Gasteiger partial charge is 0.481 e. The summed E-state index contributed by atoms with van der Waals surface area (Å²) in [6, 6.07) is 3.16. The average Bonchev–Trinajstić information content (AvgIpc) is 2.23. The summed E-state index contributed by atoms with van der Waals surface area (Å²) in [5.41, 5.74) is 0.941. The van der Waals surface area contributed by atoms with Crippen molar-refractivity contribution in [1.29, 1.82) is 0 Å². The number of rotatable bonds is 1. The van der Waals surface area contributed by atoms with Gasteiger partial charge in [-0.15, -0.1) is 0 Å². The number of hydrogen-bond donors (Lipinski definition) is 0. The van der Waals surface area contributed by atoms with Gasteiger partial charge in [0.1, 0.15) is 0 Å². The van der Waals surface area contributed by atoms with Gasteiger partial charge in [-0.05, 0) is 19.1 Å². The Morgan fingerprint density at radius 1 is 1.50 bits per heavy atom. The molecule has 0 atom stereocenters. The molecule has 1 aliphatic rings. The summed E-state index contributed by atoms with van der Waals surface area (Å²) in [5, 5.41) is 0.411. The van der Waals surface area contributed by atoms with Gasteiger partial charge in [-0.3, -0.25) is 9.59 Å². The number of halogens is 1. The van der Waals surface area contributed by atoms with E-state index < -0.39 is 0 Å². The van der Waals surface area contributed by atoms with Crippen LogP contribution >= 0.6 is 11.6 Å². The van der Waals surface area contributed by atoms with Crippen molar-refractivity contribution in [3.63, 3.8) is 0 Å². The number of anilines is 1. The Kier molecular flexibility index (Phi) is 2.59. The zero-order valence-corrected chi connectivity index (χ0v) is 9.67. The predicted octanol–water partition coefficient (Wildman–Crippen LogP) is 1.90. The minimum Gasteiger partial charge on any atom is -0.481 e. The quantitative estimate of drug-likeness (QED) is 0.704. The fraction of sp³-hybridized carbons (Fsp3) is 0.273. The Hall–Kier alpha value is -1.55. The minimum absolute atomic E-state index is 0.0502. The molecule has 0 radical (unpaired) electrons. The fourth-order valence-corrected chi connectivity index (χ4v) is 1.82. The highest BCUT2D eigenvalue weighted by Gasteiger charge is 2.26.